The third-order valence-electron chi connectivity index (χ3n) is 6.08. The molecule has 2 aliphatic heterocycles. The van der Waals surface area contributed by atoms with Crippen LogP contribution in [-0.2, 0) is 26.3 Å². The minimum absolute atomic E-state index is 0.120. The summed E-state index contributed by atoms with van der Waals surface area (Å²) in [7, 11) is -1.56. The van der Waals surface area contributed by atoms with Gasteiger partial charge in [-0.15, -0.1) is 0 Å². The number of piperazine rings is 2. The average molecular weight is 482 g/mol. The third kappa shape index (κ3) is 6.66. The number of hydrogen-bond donors (Lipinski definition) is 1. The van der Waals surface area contributed by atoms with Crippen LogP contribution in [0, 0.1) is 5.92 Å². The lowest BCUT2D eigenvalue weighted by Crippen LogP contribution is -2.59. The van der Waals surface area contributed by atoms with Crippen molar-refractivity contribution in [1.82, 2.24) is 23.7 Å². The van der Waals surface area contributed by atoms with Gasteiger partial charge in [-0.2, -0.15) is 17.0 Å². The quantitative estimate of drug-likeness (QED) is 0.611. The Hall–Kier alpha value is -2.21. The van der Waals surface area contributed by atoms with Crippen molar-refractivity contribution in [3.05, 3.63) is 35.9 Å². The van der Waals surface area contributed by atoms with Crippen LogP contribution in [0.3, 0.4) is 0 Å². The summed E-state index contributed by atoms with van der Waals surface area (Å²) >= 11 is 0. The molecule has 2 aliphatic rings. The Labute approximate surface area is 196 Å². The number of amides is 2. The molecule has 2 amide bonds. The molecule has 1 atom stereocenters. The molecule has 0 aromatic heterocycles. The summed E-state index contributed by atoms with van der Waals surface area (Å²) in [6, 6.07) is 8.57. The predicted molar refractivity (Wildman–Crippen MR) is 125 cm³/mol. The molecule has 0 unspecified atom stereocenters. The van der Waals surface area contributed by atoms with Crippen LogP contribution >= 0.6 is 0 Å². The number of nitrogens with one attached hydrogen (secondary N) is 1. The normalized spacial score (nSPS) is 19.9. The summed E-state index contributed by atoms with van der Waals surface area (Å²) < 4.78 is 34.2. The molecule has 2 saturated heterocycles. The van der Waals surface area contributed by atoms with E-state index in [1.54, 1.807) is 4.90 Å². The van der Waals surface area contributed by atoms with Gasteiger partial charge in [0, 0.05) is 52.4 Å². The van der Waals surface area contributed by atoms with Crippen molar-refractivity contribution < 1.29 is 22.7 Å². The van der Waals surface area contributed by atoms with E-state index in [4.69, 9.17) is 4.74 Å². The molecule has 10 nitrogen and oxygen atoms in total. The highest BCUT2D eigenvalue weighted by Gasteiger charge is 2.36. The monoisotopic (exact) mass is 481 g/mol. The van der Waals surface area contributed by atoms with E-state index in [0.29, 0.717) is 26.2 Å². The molecule has 0 spiro atoms. The van der Waals surface area contributed by atoms with Gasteiger partial charge in [0.25, 0.3) is 10.2 Å². The van der Waals surface area contributed by atoms with Crippen molar-refractivity contribution in [3.8, 4) is 0 Å². The van der Waals surface area contributed by atoms with E-state index in [2.05, 4.69) is 10.2 Å². The summed E-state index contributed by atoms with van der Waals surface area (Å²) in [5.41, 5.74) is 0.859. The summed E-state index contributed by atoms with van der Waals surface area (Å²) in [4.78, 5) is 29.1. The van der Waals surface area contributed by atoms with Crippen molar-refractivity contribution in [1.29, 1.82) is 0 Å². The Morgan fingerprint density at radius 1 is 0.939 bits per heavy atom. The number of hydrogen-bond acceptors (Lipinski definition) is 6. The van der Waals surface area contributed by atoms with Crippen molar-refractivity contribution in [2.45, 2.75) is 26.5 Å². The Balaban J connectivity index is 1.52. The molecule has 184 valence electrons. The van der Waals surface area contributed by atoms with Crippen molar-refractivity contribution >= 4 is 22.2 Å². The Morgan fingerprint density at radius 3 is 2.03 bits per heavy atom. The SMILES string of the molecule is CC(C)[C@H](NC(=O)OCc1ccccc1)C(=O)N1CCN(S(=O)(=O)N2CCN(C)CC2)CC1. The van der Waals surface area contributed by atoms with Crippen LogP contribution in [-0.4, -0.2) is 104 Å². The first kappa shape index (κ1) is 25.4. The lowest BCUT2D eigenvalue weighted by atomic mass is 10.0. The van der Waals surface area contributed by atoms with Crippen LogP contribution in [0.25, 0.3) is 0 Å². The first-order chi connectivity index (χ1) is 15.7. The number of rotatable bonds is 7. The van der Waals surface area contributed by atoms with E-state index < -0.39 is 22.3 Å². The topological polar surface area (TPSA) is 102 Å². The van der Waals surface area contributed by atoms with Crippen molar-refractivity contribution in [2.24, 2.45) is 5.92 Å². The lowest BCUT2D eigenvalue weighted by Gasteiger charge is -2.40. The molecule has 1 N–H and O–H groups in total. The summed E-state index contributed by atoms with van der Waals surface area (Å²) in [5.74, 6) is -0.368. The highest BCUT2D eigenvalue weighted by atomic mass is 32.2. The van der Waals surface area contributed by atoms with Crippen molar-refractivity contribution in [3.63, 3.8) is 0 Å². The van der Waals surface area contributed by atoms with E-state index in [1.165, 1.54) is 8.61 Å². The second kappa shape index (κ2) is 11.3. The average Bonchev–Trinajstić information content (AvgIpc) is 2.81. The molecule has 0 aliphatic carbocycles. The fraction of sp³-hybridized carbons (Fsp3) is 0.636. The molecule has 11 heteroatoms. The Bertz CT molecular complexity index is 895. The zero-order valence-electron chi connectivity index (χ0n) is 19.6. The van der Waals surface area contributed by atoms with Gasteiger partial charge in [-0.1, -0.05) is 44.2 Å². The maximum atomic E-state index is 13.1. The molecule has 33 heavy (non-hydrogen) atoms. The summed E-state index contributed by atoms with van der Waals surface area (Å²) in [5, 5.41) is 2.68. The second-order valence-corrected chi connectivity index (χ2v) is 10.8. The lowest BCUT2D eigenvalue weighted by molar-refractivity contribution is -0.135. The summed E-state index contributed by atoms with van der Waals surface area (Å²) in [6.45, 7) is 7.25. The maximum Gasteiger partial charge on any atom is 0.408 e. The van der Waals surface area contributed by atoms with Gasteiger partial charge in [-0.05, 0) is 18.5 Å². The zero-order chi connectivity index (χ0) is 24.0. The minimum Gasteiger partial charge on any atom is -0.445 e. The second-order valence-electron chi connectivity index (χ2n) is 8.86. The molecule has 2 fully saturated rings. The fourth-order valence-electron chi connectivity index (χ4n) is 3.92. The van der Waals surface area contributed by atoms with E-state index >= 15 is 0 Å². The van der Waals surface area contributed by atoms with Gasteiger partial charge in [0.1, 0.15) is 12.6 Å². The Morgan fingerprint density at radius 2 is 1.48 bits per heavy atom. The molecular formula is C22H35N5O5S. The molecule has 1 aromatic rings. The van der Waals surface area contributed by atoms with Crippen LogP contribution in [0.5, 0.6) is 0 Å². The van der Waals surface area contributed by atoms with Crippen LogP contribution in [0.2, 0.25) is 0 Å². The van der Waals surface area contributed by atoms with Gasteiger partial charge in [0.05, 0.1) is 0 Å². The van der Waals surface area contributed by atoms with E-state index in [1.807, 2.05) is 51.2 Å². The highest BCUT2D eigenvalue weighted by Crippen LogP contribution is 2.16. The molecular weight excluding hydrogens is 446 g/mol. The molecule has 3 rings (SSSR count). The first-order valence-electron chi connectivity index (χ1n) is 11.4. The molecule has 1 aromatic carbocycles. The largest absolute Gasteiger partial charge is 0.445 e. The van der Waals surface area contributed by atoms with Crippen LogP contribution in [0.15, 0.2) is 30.3 Å². The van der Waals surface area contributed by atoms with Gasteiger partial charge in [-0.25, -0.2) is 4.79 Å². The van der Waals surface area contributed by atoms with Gasteiger partial charge in [0.15, 0.2) is 0 Å². The fourth-order valence-corrected chi connectivity index (χ4v) is 5.50. The maximum absolute atomic E-state index is 13.1. The number of benzene rings is 1. The van der Waals surface area contributed by atoms with Crippen LogP contribution < -0.4 is 5.32 Å². The molecule has 2 heterocycles. The highest BCUT2D eigenvalue weighted by molar-refractivity contribution is 7.86. The van der Waals surface area contributed by atoms with Gasteiger partial charge in [-0.3, -0.25) is 4.79 Å². The minimum atomic E-state index is -3.53. The number of likely N-dealkylation sites (N-methyl/N-ethyl adjacent to an activating group) is 1. The van der Waals surface area contributed by atoms with Gasteiger partial charge < -0.3 is 19.9 Å². The molecule has 0 radical (unpaired) electrons. The summed E-state index contributed by atoms with van der Waals surface area (Å²) in [6.07, 6.45) is -0.651. The number of alkyl carbamates (subject to hydrolysis) is 1. The zero-order valence-corrected chi connectivity index (χ0v) is 20.5. The number of carbonyl (C=O) groups excluding carboxylic acids is 2. The molecule has 0 bridgehead atoms. The number of ether oxygens (including phenoxy) is 1. The smallest absolute Gasteiger partial charge is 0.408 e. The number of nitrogens with zero attached hydrogens (tertiary/aromatic N) is 4. The third-order valence-corrected chi connectivity index (χ3v) is 8.12. The molecule has 0 saturated carbocycles. The van der Waals surface area contributed by atoms with Gasteiger partial charge in [0.2, 0.25) is 5.91 Å². The van der Waals surface area contributed by atoms with E-state index in [0.717, 1.165) is 5.56 Å². The van der Waals surface area contributed by atoms with Gasteiger partial charge >= 0.3 is 6.09 Å². The first-order valence-corrected chi connectivity index (χ1v) is 12.8. The van der Waals surface area contributed by atoms with Crippen LogP contribution in [0.4, 0.5) is 4.79 Å². The standard InChI is InChI=1S/C22H35N5O5S/c1-18(2)20(23-22(29)32-17-19-7-5-4-6-8-19)21(28)25-11-15-27(16-12-25)33(30,31)26-13-9-24(3)10-14-26/h4-8,18,20H,9-17H2,1-3H3,(H,23,29)/t20-/m0/s1. The predicted octanol–water partition coefficient (Wildman–Crippen LogP) is 0.574. The van der Waals surface area contributed by atoms with E-state index in [9.17, 15) is 18.0 Å². The number of carbonyl (C=O) groups is 2. The Kier molecular flexibility index (Phi) is 8.69. The van der Waals surface area contributed by atoms with Crippen molar-refractivity contribution in [2.75, 3.05) is 59.4 Å². The van der Waals surface area contributed by atoms with Crippen LogP contribution in [0.1, 0.15) is 19.4 Å². The van der Waals surface area contributed by atoms with E-state index in [-0.39, 0.29) is 44.6 Å².